The number of aromatic nitrogens is 5. The van der Waals surface area contributed by atoms with Crippen molar-refractivity contribution in [2.24, 2.45) is 0 Å². The maximum Gasteiger partial charge on any atom is 0.227 e. The summed E-state index contributed by atoms with van der Waals surface area (Å²) >= 11 is 0. The Balaban J connectivity index is 1.68. The maximum absolute atomic E-state index is 5.22. The molecule has 7 nitrogen and oxygen atoms in total. The summed E-state index contributed by atoms with van der Waals surface area (Å²) in [6.45, 7) is 0. The lowest BCUT2D eigenvalue weighted by Gasteiger charge is -2.07. The summed E-state index contributed by atoms with van der Waals surface area (Å²) in [6, 6.07) is 13.3. The molecule has 118 valence electrons. The van der Waals surface area contributed by atoms with Crippen LogP contribution in [0.4, 0.5) is 11.6 Å². The van der Waals surface area contributed by atoms with Gasteiger partial charge in [0.2, 0.25) is 5.95 Å². The Morgan fingerprint density at radius 3 is 2.92 bits per heavy atom. The molecule has 1 aromatic carbocycles. The lowest BCUT2D eigenvalue weighted by Crippen LogP contribution is -1.98. The Hall–Kier alpha value is -3.48. The Morgan fingerprint density at radius 2 is 2.00 bits per heavy atom. The van der Waals surface area contributed by atoms with Gasteiger partial charge in [0.05, 0.1) is 24.5 Å². The summed E-state index contributed by atoms with van der Waals surface area (Å²) < 4.78 is 6.80. The summed E-state index contributed by atoms with van der Waals surface area (Å²) in [6.07, 6.45) is 5.16. The van der Waals surface area contributed by atoms with Gasteiger partial charge in [-0.05, 0) is 30.3 Å². The van der Waals surface area contributed by atoms with Crippen molar-refractivity contribution in [2.45, 2.75) is 0 Å². The zero-order valence-corrected chi connectivity index (χ0v) is 12.9. The fourth-order valence-corrected chi connectivity index (χ4v) is 2.43. The van der Waals surface area contributed by atoms with Crippen LogP contribution in [0.2, 0.25) is 0 Å². The van der Waals surface area contributed by atoms with E-state index in [0.717, 1.165) is 28.2 Å². The Kier molecular flexibility index (Phi) is 3.51. The second kappa shape index (κ2) is 5.96. The smallest absolute Gasteiger partial charge is 0.227 e. The van der Waals surface area contributed by atoms with E-state index in [1.165, 1.54) is 0 Å². The van der Waals surface area contributed by atoms with Gasteiger partial charge in [0, 0.05) is 29.7 Å². The highest BCUT2D eigenvalue weighted by molar-refractivity contribution is 5.77. The maximum atomic E-state index is 5.22. The average molecular weight is 318 g/mol. The highest BCUT2D eigenvalue weighted by atomic mass is 16.5. The molecule has 0 fully saturated rings. The summed E-state index contributed by atoms with van der Waals surface area (Å²) in [5.74, 6) is 1.27. The first-order valence-electron chi connectivity index (χ1n) is 7.37. The van der Waals surface area contributed by atoms with Crippen LogP contribution < -0.4 is 10.1 Å². The number of methoxy groups -OCH3 is 1. The molecule has 0 atom stereocenters. The van der Waals surface area contributed by atoms with Crippen LogP contribution in [-0.2, 0) is 0 Å². The van der Waals surface area contributed by atoms with Crippen molar-refractivity contribution in [3.63, 3.8) is 0 Å². The van der Waals surface area contributed by atoms with Crippen LogP contribution in [0.5, 0.6) is 5.75 Å². The van der Waals surface area contributed by atoms with Crippen molar-refractivity contribution in [2.75, 3.05) is 12.4 Å². The van der Waals surface area contributed by atoms with Crippen LogP contribution >= 0.6 is 0 Å². The molecular weight excluding hydrogens is 304 g/mol. The molecule has 24 heavy (non-hydrogen) atoms. The quantitative estimate of drug-likeness (QED) is 0.623. The van der Waals surface area contributed by atoms with Gasteiger partial charge in [-0.15, -0.1) is 0 Å². The summed E-state index contributed by atoms with van der Waals surface area (Å²) in [5.41, 5.74) is 3.43. The van der Waals surface area contributed by atoms with E-state index in [1.54, 1.807) is 30.3 Å². The van der Waals surface area contributed by atoms with Crippen molar-refractivity contribution in [3.8, 4) is 17.0 Å². The third kappa shape index (κ3) is 2.63. The van der Waals surface area contributed by atoms with Crippen LogP contribution in [-0.4, -0.2) is 31.9 Å². The van der Waals surface area contributed by atoms with Crippen LogP contribution in [0.3, 0.4) is 0 Å². The number of rotatable bonds is 4. The van der Waals surface area contributed by atoms with E-state index in [9.17, 15) is 0 Å². The number of hydrogen-bond donors (Lipinski definition) is 1. The number of anilines is 2. The third-order valence-electron chi connectivity index (χ3n) is 3.56. The van der Waals surface area contributed by atoms with Crippen LogP contribution in [0.1, 0.15) is 0 Å². The van der Waals surface area contributed by atoms with Crippen LogP contribution in [0.15, 0.2) is 61.1 Å². The van der Waals surface area contributed by atoms with E-state index in [0.29, 0.717) is 5.95 Å². The molecule has 0 bridgehead atoms. The van der Waals surface area contributed by atoms with E-state index in [1.807, 2.05) is 42.5 Å². The number of fused-ring (bicyclic) bond motifs is 1. The minimum Gasteiger partial charge on any atom is -0.497 e. The van der Waals surface area contributed by atoms with Gasteiger partial charge in [0.15, 0.2) is 0 Å². The summed E-state index contributed by atoms with van der Waals surface area (Å²) in [7, 11) is 1.63. The van der Waals surface area contributed by atoms with Gasteiger partial charge in [-0.2, -0.15) is 14.8 Å². The van der Waals surface area contributed by atoms with Gasteiger partial charge < -0.3 is 10.1 Å². The van der Waals surface area contributed by atoms with Crippen LogP contribution in [0, 0.1) is 0 Å². The molecule has 4 aromatic rings. The first-order chi connectivity index (χ1) is 11.8. The zero-order chi connectivity index (χ0) is 16.4. The van der Waals surface area contributed by atoms with E-state index in [4.69, 9.17) is 4.74 Å². The predicted octanol–water partition coefficient (Wildman–Crippen LogP) is 2.94. The molecule has 3 heterocycles. The topological polar surface area (TPSA) is 77.2 Å². The largest absolute Gasteiger partial charge is 0.497 e. The first kappa shape index (κ1) is 14.1. The molecule has 3 aromatic heterocycles. The Morgan fingerprint density at radius 1 is 1.04 bits per heavy atom. The average Bonchev–Trinajstić information content (AvgIpc) is 3.06. The van der Waals surface area contributed by atoms with Crippen molar-refractivity contribution in [1.29, 1.82) is 0 Å². The standard InChI is InChI=1S/C17H14N6O/c1-24-13-5-2-4-12(10-13)21-17-18-9-7-15(22-17)14-11-20-23-16(14)6-3-8-19-23/h2-11H,1H3,(H,18,21,22). The van der Waals surface area contributed by atoms with E-state index < -0.39 is 0 Å². The highest BCUT2D eigenvalue weighted by Crippen LogP contribution is 2.24. The Bertz CT molecular complexity index is 997. The lowest BCUT2D eigenvalue weighted by molar-refractivity contribution is 0.415. The fourth-order valence-electron chi connectivity index (χ4n) is 2.43. The van der Waals surface area contributed by atoms with Crippen molar-refractivity contribution >= 4 is 17.2 Å². The SMILES string of the molecule is COc1cccc(Nc2nccc(-c3cnn4ncccc34)n2)c1. The van der Waals surface area contributed by atoms with Gasteiger partial charge in [0.1, 0.15) is 5.75 Å². The second-order valence-electron chi connectivity index (χ2n) is 5.08. The predicted molar refractivity (Wildman–Crippen MR) is 90.3 cm³/mol. The molecule has 0 spiro atoms. The third-order valence-corrected chi connectivity index (χ3v) is 3.56. The number of ether oxygens (including phenoxy) is 1. The fraction of sp³-hybridized carbons (Fsp3) is 0.0588. The molecule has 7 heteroatoms. The highest BCUT2D eigenvalue weighted by Gasteiger charge is 2.09. The Labute approximate surface area is 138 Å². The molecule has 4 rings (SSSR count). The molecule has 0 amide bonds. The molecule has 0 aliphatic carbocycles. The normalized spacial score (nSPS) is 10.7. The number of benzene rings is 1. The van der Waals surface area contributed by atoms with Crippen LogP contribution in [0.25, 0.3) is 16.8 Å². The van der Waals surface area contributed by atoms with E-state index in [2.05, 4.69) is 25.5 Å². The van der Waals surface area contributed by atoms with Crippen molar-refractivity contribution in [1.82, 2.24) is 24.8 Å². The molecule has 0 aliphatic heterocycles. The lowest BCUT2D eigenvalue weighted by atomic mass is 10.2. The van der Waals surface area contributed by atoms with Gasteiger partial charge in [-0.25, -0.2) is 9.97 Å². The molecule has 1 N–H and O–H groups in total. The van der Waals surface area contributed by atoms with Gasteiger partial charge in [-0.1, -0.05) is 6.07 Å². The minimum atomic E-state index is 0.504. The zero-order valence-electron chi connectivity index (χ0n) is 12.9. The number of hydrogen-bond acceptors (Lipinski definition) is 6. The molecule has 0 saturated heterocycles. The summed E-state index contributed by atoms with van der Waals surface area (Å²) in [5, 5.41) is 11.6. The summed E-state index contributed by atoms with van der Waals surface area (Å²) in [4.78, 5) is 8.85. The molecule has 0 radical (unpaired) electrons. The van der Waals surface area contributed by atoms with E-state index >= 15 is 0 Å². The van der Waals surface area contributed by atoms with E-state index in [-0.39, 0.29) is 0 Å². The molecule has 0 aliphatic rings. The number of nitrogens with one attached hydrogen (secondary N) is 1. The van der Waals surface area contributed by atoms with Gasteiger partial charge >= 0.3 is 0 Å². The minimum absolute atomic E-state index is 0.504. The monoisotopic (exact) mass is 318 g/mol. The van der Waals surface area contributed by atoms with Gasteiger partial charge in [-0.3, -0.25) is 0 Å². The van der Waals surface area contributed by atoms with Gasteiger partial charge in [0.25, 0.3) is 0 Å². The number of nitrogens with zero attached hydrogens (tertiary/aromatic N) is 5. The molecule has 0 saturated carbocycles. The van der Waals surface area contributed by atoms with Crippen molar-refractivity contribution in [3.05, 3.63) is 61.1 Å². The second-order valence-corrected chi connectivity index (χ2v) is 5.08. The molecular formula is C17H14N6O. The first-order valence-corrected chi connectivity index (χ1v) is 7.37. The van der Waals surface area contributed by atoms with Crippen molar-refractivity contribution < 1.29 is 4.74 Å². The molecule has 0 unspecified atom stereocenters.